The lowest BCUT2D eigenvalue weighted by atomic mass is 9.94. The number of rotatable bonds is 3. The first kappa shape index (κ1) is 36.3. The lowest BCUT2D eigenvalue weighted by molar-refractivity contribution is 0.103. The van der Waals surface area contributed by atoms with Gasteiger partial charge in [0.2, 0.25) is 0 Å². The Balaban J connectivity index is -0.000000234. The molecule has 0 atom stereocenters. The summed E-state index contributed by atoms with van der Waals surface area (Å²) in [5, 5.41) is 0. The molecule has 2 nitrogen and oxygen atoms in total. The molecule has 2 aromatic rings. The van der Waals surface area contributed by atoms with Crippen LogP contribution in [-0.4, -0.2) is 19.0 Å². The summed E-state index contributed by atoms with van der Waals surface area (Å²) < 4.78 is 0. The van der Waals surface area contributed by atoms with E-state index in [1.165, 1.54) is 11.1 Å². The summed E-state index contributed by atoms with van der Waals surface area (Å²) >= 11 is 0. The van der Waals surface area contributed by atoms with Crippen LogP contribution in [-0.2, 0) is 0 Å². The van der Waals surface area contributed by atoms with Gasteiger partial charge in [-0.1, -0.05) is 75.2 Å². The molecule has 0 unspecified atom stereocenters. The topological polar surface area (TPSA) is 29.4 Å². The van der Waals surface area contributed by atoms with Crippen LogP contribution in [0.5, 0.6) is 0 Å². The highest BCUT2D eigenvalue weighted by Gasteiger charge is 2.13. The standard InChI is InChI=1S/C17H18O.C3H7N.2C3H4.2C2H6/c1-11-5-7-15(13(3)9-11)17(18)16-8-6-12(2)10-14(16)4;1-3-4-2;2*1-3-2;2*1-2/h5-10H,1-4H3;2-3H2,1H3;2*1H,2H3;2*1-2H3. The Kier molecular flexibility index (Phi) is 29.4. The highest BCUT2D eigenvalue weighted by atomic mass is 16.1. The molecule has 0 heterocycles. The molecule has 2 rings (SSSR count). The van der Waals surface area contributed by atoms with E-state index in [0.29, 0.717) is 0 Å². The summed E-state index contributed by atoms with van der Waals surface area (Å²) in [6.07, 6.45) is 9.19. The summed E-state index contributed by atoms with van der Waals surface area (Å²) in [5.41, 5.74) is 6.05. The van der Waals surface area contributed by atoms with Crippen LogP contribution in [0.4, 0.5) is 0 Å². The fourth-order valence-corrected chi connectivity index (χ4v) is 2.28. The maximum absolute atomic E-state index is 12.5. The van der Waals surface area contributed by atoms with Crippen molar-refractivity contribution in [1.82, 2.24) is 0 Å². The number of carbonyl (C=O) groups excluding carboxylic acids is 1. The largest absolute Gasteiger partial charge is 0.301 e. The zero-order valence-electron chi connectivity index (χ0n) is 22.4. The second-order valence-corrected chi connectivity index (χ2v) is 6.08. The third kappa shape index (κ3) is 17.7. The van der Waals surface area contributed by atoms with Crippen molar-refractivity contribution >= 4 is 12.5 Å². The van der Waals surface area contributed by atoms with E-state index in [0.717, 1.165) is 28.8 Å². The molecule has 0 aliphatic rings. The molecular weight excluding hydrogens is 390 g/mol. The summed E-state index contributed by atoms with van der Waals surface area (Å²) in [6, 6.07) is 11.9. The third-order valence-electron chi connectivity index (χ3n) is 3.48. The quantitative estimate of drug-likeness (QED) is 0.271. The Morgan fingerprint density at radius 3 is 1.25 bits per heavy atom. The van der Waals surface area contributed by atoms with E-state index < -0.39 is 0 Å². The van der Waals surface area contributed by atoms with E-state index in [2.05, 4.69) is 48.5 Å². The van der Waals surface area contributed by atoms with Gasteiger partial charge < -0.3 is 4.99 Å². The van der Waals surface area contributed by atoms with Crippen molar-refractivity contribution in [2.45, 2.75) is 76.2 Å². The number of benzene rings is 2. The minimum Gasteiger partial charge on any atom is -0.301 e. The van der Waals surface area contributed by atoms with Crippen molar-refractivity contribution in [3.63, 3.8) is 0 Å². The third-order valence-corrected chi connectivity index (χ3v) is 3.48. The lowest BCUT2D eigenvalue weighted by Gasteiger charge is -2.09. The first-order valence-corrected chi connectivity index (χ1v) is 11.1. The summed E-state index contributed by atoms with van der Waals surface area (Å²) in [5.74, 6) is 4.62. The van der Waals surface area contributed by atoms with Gasteiger partial charge in [-0.05, 0) is 66.3 Å². The average Bonchev–Trinajstić information content (AvgIpc) is 2.77. The molecule has 176 valence electrons. The Morgan fingerprint density at radius 2 is 1.06 bits per heavy atom. The van der Waals surface area contributed by atoms with Crippen molar-refractivity contribution < 1.29 is 4.79 Å². The van der Waals surface area contributed by atoms with Crippen LogP contribution in [0.2, 0.25) is 0 Å². The van der Waals surface area contributed by atoms with Crippen LogP contribution in [0.1, 0.15) is 86.6 Å². The minimum atomic E-state index is 0.116. The van der Waals surface area contributed by atoms with Gasteiger partial charge in [0, 0.05) is 17.7 Å². The molecule has 32 heavy (non-hydrogen) atoms. The van der Waals surface area contributed by atoms with Gasteiger partial charge in [-0.15, -0.1) is 24.7 Å². The number of hydrogen-bond acceptors (Lipinski definition) is 2. The first-order chi connectivity index (χ1) is 15.2. The van der Waals surface area contributed by atoms with Crippen LogP contribution in [0.15, 0.2) is 41.4 Å². The van der Waals surface area contributed by atoms with Crippen molar-refractivity contribution in [3.05, 3.63) is 69.8 Å². The van der Waals surface area contributed by atoms with Gasteiger partial charge in [0.05, 0.1) is 0 Å². The number of nitrogens with zero attached hydrogens (tertiary/aromatic N) is 1. The number of carbonyl (C=O) groups is 1. The van der Waals surface area contributed by atoms with Crippen molar-refractivity contribution in [2.75, 3.05) is 6.54 Å². The minimum absolute atomic E-state index is 0.116. The van der Waals surface area contributed by atoms with Gasteiger partial charge in [0.15, 0.2) is 5.78 Å². The number of aliphatic imine (C=N–C) groups is 1. The van der Waals surface area contributed by atoms with Crippen molar-refractivity contribution in [1.29, 1.82) is 0 Å². The highest BCUT2D eigenvalue weighted by molar-refractivity contribution is 6.10. The van der Waals surface area contributed by atoms with Gasteiger partial charge in [-0.3, -0.25) is 4.79 Å². The molecule has 0 bridgehead atoms. The molecule has 0 aliphatic heterocycles. The number of hydrogen-bond donors (Lipinski definition) is 0. The number of aryl methyl sites for hydroxylation is 4. The Bertz CT molecular complexity index is 767. The van der Waals surface area contributed by atoms with Crippen molar-refractivity contribution in [2.24, 2.45) is 4.99 Å². The average molecular weight is 436 g/mol. The van der Waals surface area contributed by atoms with Gasteiger partial charge in [0.1, 0.15) is 0 Å². The monoisotopic (exact) mass is 435 g/mol. The molecule has 0 aliphatic carbocycles. The fourth-order valence-electron chi connectivity index (χ4n) is 2.28. The normalized spacial score (nSPS) is 7.53. The number of ketones is 1. The van der Waals surface area contributed by atoms with E-state index in [9.17, 15) is 4.79 Å². The molecular formula is C30H45NO. The lowest BCUT2D eigenvalue weighted by Crippen LogP contribution is -2.06. The van der Waals surface area contributed by atoms with Gasteiger partial charge >= 0.3 is 0 Å². The molecule has 2 aromatic carbocycles. The summed E-state index contributed by atoms with van der Waals surface area (Å²) in [7, 11) is 0. The van der Waals surface area contributed by atoms with Gasteiger partial charge in [0.25, 0.3) is 0 Å². The molecule has 0 spiro atoms. The molecule has 0 fully saturated rings. The zero-order valence-corrected chi connectivity index (χ0v) is 22.4. The van der Waals surface area contributed by atoms with E-state index >= 15 is 0 Å². The molecule has 0 N–H and O–H groups in total. The summed E-state index contributed by atoms with van der Waals surface area (Å²) in [4.78, 5) is 16.0. The second kappa shape index (κ2) is 25.9. The van der Waals surface area contributed by atoms with Crippen molar-refractivity contribution in [3.8, 4) is 24.7 Å². The smallest absolute Gasteiger partial charge is 0.193 e. The van der Waals surface area contributed by atoms with Crippen LogP contribution in [0, 0.1) is 52.4 Å². The molecule has 0 radical (unpaired) electrons. The van der Waals surface area contributed by atoms with Crippen LogP contribution < -0.4 is 0 Å². The predicted octanol–water partition coefficient (Wildman–Crippen LogP) is 8.19. The fraction of sp³-hybridized carbons (Fsp3) is 0.400. The van der Waals surface area contributed by atoms with E-state index in [4.69, 9.17) is 0 Å². The Labute approximate surface area is 199 Å². The molecule has 0 aromatic heterocycles. The Hall–Kier alpha value is -3.10. The second-order valence-electron chi connectivity index (χ2n) is 6.08. The SMILES string of the molecule is C#CC.C#CC.C=NCC.CC.CC.Cc1ccc(C(=O)c2ccc(C)cc2C)c(C)c1. The molecule has 2 heteroatoms. The van der Waals surface area contributed by atoms with Gasteiger partial charge in [-0.25, -0.2) is 0 Å². The maximum atomic E-state index is 12.5. The molecule has 0 saturated carbocycles. The van der Waals surface area contributed by atoms with E-state index in [1.54, 1.807) is 13.8 Å². The van der Waals surface area contributed by atoms with E-state index in [-0.39, 0.29) is 5.78 Å². The van der Waals surface area contributed by atoms with Crippen LogP contribution in [0.3, 0.4) is 0 Å². The van der Waals surface area contributed by atoms with E-state index in [1.807, 2.05) is 86.6 Å². The number of terminal acetylenes is 2. The highest BCUT2D eigenvalue weighted by Crippen LogP contribution is 2.19. The van der Waals surface area contributed by atoms with Crippen LogP contribution in [0.25, 0.3) is 0 Å². The zero-order chi connectivity index (χ0) is 26.1. The molecule has 0 amide bonds. The Morgan fingerprint density at radius 1 is 0.812 bits per heavy atom. The summed E-state index contributed by atoms with van der Waals surface area (Å²) in [6.45, 7) is 25.4. The van der Waals surface area contributed by atoms with Crippen LogP contribution >= 0.6 is 0 Å². The predicted molar refractivity (Wildman–Crippen MR) is 147 cm³/mol. The maximum Gasteiger partial charge on any atom is 0.193 e. The van der Waals surface area contributed by atoms with Gasteiger partial charge in [-0.2, -0.15) is 0 Å². The first-order valence-electron chi connectivity index (χ1n) is 11.1. The molecule has 0 saturated heterocycles.